The highest BCUT2D eigenvalue weighted by Gasteiger charge is 2.02. The molecule has 0 aliphatic rings. The predicted octanol–water partition coefficient (Wildman–Crippen LogP) is 3.35. The zero-order chi connectivity index (χ0) is 9.97. The van der Waals surface area contributed by atoms with Crippen LogP contribution in [-0.4, -0.2) is 4.98 Å². The van der Waals surface area contributed by atoms with E-state index in [9.17, 15) is 0 Å². The summed E-state index contributed by atoms with van der Waals surface area (Å²) in [4.78, 5) is 3.95. The van der Waals surface area contributed by atoms with Gasteiger partial charge in [-0.05, 0) is 31.0 Å². The fraction of sp³-hybridized carbons (Fsp3) is 0.182. The molecule has 14 heavy (non-hydrogen) atoms. The van der Waals surface area contributed by atoms with Crippen molar-refractivity contribution in [3.63, 3.8) is 0 Å². The summed E-state index contributed by atoms with van der Waals surface area (Å²) in [5.74, 6) is 1.48. The Hall–Kier alpha value is -1.35. The van der Waals surface area contributed by atoms with E-state index in [-0.39, 0.29) is 0 Å². The second-order valence-electron chi connectivity index (χ2n) is 3.15. The van der Waals surface area contributed by atoms with E-state index in [1.54, 1.807) is 0 Å². The molecule has 0 N–H and O–H groups in total. The molecular weight excluding hydrogens is 194 g/mol. The van der Waals surface area contributed by atoms with E-state index in [1.807, 2.05) is 31.4 Å². The van der Waals surface area contributed by atoms with Gasteiger partial charge in [-0.15, -0.1) is 11.3 Å². The summed E-state index contributed by atoms with van der Waals surface area (Å²) < 4.78 is 5.60. The van der Waals surface area contributed by atoms with E-state index in [4.69, 9.17) is 4.74 Å². The molecule has 0 unspecified atom stereocenters. The molecule has 1 aromatic heterocycles. The van der Waals surface area contributed by atoms with E-state index in [0.29, 0.717) is 5.88 Å². The number of nitrogens with zero attached hydrogens (tertiary/aromatic N) is 1. The first kappa shape index (κ1) is 9.21. The monoisotopic (exact) mass is 204 g/mol. The van der Waals surface area contributed by atoms with Crippen molar-refractivity contribution in [2.24, 2.45) is 0 Å². The maximum Gasteiger partial charge on any atom is 0.230 e. The molecule has 0 bridgehead atoms. The molecule has 1 aromatic carbocycles. The van der Waals surface area contributed by atoms with Gasteiger partial charge in [0.15, 0.2) is 5.51 Å². The van der Waals surface area contributed by atoms with Crippen molar-refractivity contribution >= 4 is 11.3 Å². The van der Waals surface area contributed by atoms with Crippen LogP contribution in [0.2, 0.25) is 0 Å². The second-order valence-corrected chi connectivity index (χ2v) is 3.80. The van der Waals surface area contributed by atoms with Crippen LogP contribution in [0.3, 0.4) is 0 Å². The molecule has 0 spiro atoms. The molecule has 1 radical (unpaired) electrons. The fourth-order valence-electron chi connectivity index (χ4n) is 1.15. The van der Waals surface area contributed by atoms with Crippen LogP contribution in [0.25, 0.3) is 0 Å². The lowest BCUT2D eigenvalue weighted by Crippen LogP contribution is -1.88. The molecular formula is C11H10NOS. The largest absolute Gasteiger partial charge is 0.438 e. The lowest BCUT2D eigenvalue weighted by atomic mass is 10.1. The van der Waals surface area contributed by atoms with Gasteiger partial charge in [0.2, 0.25) is 5.88 Å². The maximum atomic E-state index is 5.60. The third-order valence-corrected chi connectivity index (χ3v) is 2.44. The average Bonchev–Trinajstić information content (AvgIpc) is 2.64. The Morgan fingerprint density at radius 1 is 1.36 bits per heavy atom. The smallest absolute Gasteiger partial charge is 0.230 e. The molecule has 0 aliphatic carbocycles. The number of hydrogen-bond acceptors (Lipinski definition) is 3. The fourth-order valence-corrected chi connectivity index (χ4v) is 1.55. The van der Waals surface area contributed by atoms with Gasteiger partial charge >= 0.3 is 0 Å². The highest BCUT2D eigenvalue weighted by Crippen LogP contribution is 2.25. The normalized spacial score (nSPS) is 10.1. The molecule has 0 saturated heterocycles. The van der Waals surface area contributed by atoms with Gasteiger partial charge in [0.05, 0.1) is 5.38 Å². The third kappa shape index (κ3) is 1.93. The van der Waals surface area contributed by atoms with Crippen LogP contribution in [0.1, 0.15) is 11.1 Å². The number of aromatic nitrogens is 1. The van der Waals surface area contributed by atoms with Gasteiger partial charge in [-0.3, -0.25) is 0 Å². The van der Waals surface area contributed by atoms with Crippen molar-refractivity contribution in [1.29, 1.82) is 0 Å². The summed E-state index contributed by atoms with van der Waals surface area (Å²) in [6.07, 6.45) is 0. The molecule has 2 aromatic rings. The van der Waals surface area contributed by atoms with Crippen LogP contribution in [0.15, 0.2) is 23.6 Å². The molecule has 71 valence electrons. The summed E-state index contributed by atoms with van der Waals surface area (Å²) in [5.41, 5.74) is 5.05. The van der Waals surface area contributed by atoms with Gasteiger partial charge < -0.3 is 4.74 Å². The van der Waals surface area contributed by atoms with Crippen LogP contribution in [0.4, 0.5) is 0 Å². The SMILES string of the molecule is Cc1ccc(C)c(Oc2cs[c]n2)c1. The topological polar surface area (TPSA) is 22.1 Å². The van der Waals surface area contributed by atoms with E-state index in [1.165, 1.54) is 16.9 Å². The van der Waals surface area contributed by atoms with E-state index in [0.717, 1.165) is 11.3 Å². The molecule has 3 heteroatoms. The summed E-state index contributed by atoms with van der Waals surface area (Å²) in [6, 6.07) is 6.12. The number of hydrogen-bond donors (Lipinski definition) is 0. The summed E-state index contributed by atoms with van der Waals surface area (Å²) >= 11 is 1.41. The van der Waals surface area contributed by atoms with Gasteiger partial charge in [-0.1, -0.05) is 12.1 Å². The number of aryl methyl sites for hydroxylation is 2. The van der Waals surface area contributed by atoms with Gasteiger partial charge in [0.1, 0.15) is 5.75 Å². The number of benzene rings is 1. The van der Waals surface area contributed by atoms with Crippen LogP contribution in [0, 0.1) is 19.4 Å². The van der Waals surface area contributed by atoms with Crippen molar-refractivity contribution in [2.75, 3.05) is 0 Å². The van der Waals surface area contributed by atoms with Gasteiger partial charge in [0, 0.05) is 0 Å². The zero-order valence-corrected chi connectivity index (χ0v) is 8.89. The van der Waals surface area contributed by atoms with Crippen LogP contribution >= 0.6 is 11.3 Å². The summed E-state index contributed by atoms with van der Waals surface area (Å²) in [6.45, 7) is 4.06. The molecule has 2 rings (SSSR count). The number of ether oxygens (including phenoxy) is 1. The molecule has 0 aliphatic heterocycles. The minimum absolute atomic E-state index is 0.615. The molecule has 1 heterocycles. The zero-order valence-electron chi connectivity index (χ0n) is 8.07. The van der Waals surface area contributed by atoms with E-state index in [2.05, 4.69) is 16.6 Å². The van der Waals surface area contributed by atoms with Crippen LogP contribution < -0.4 is 4.74 Å². The van der Waals surface area contributed by atoms with E-state index >= 15 is 0 Å². The van der Waals surface area contributed by atoms with Crippen LogP contribution in [-0.2, 0) is 0 Å². The lowest BCUT2D eigenvalue weighted by Gasteiger charge is -2.06. The molecule has 2 nitrogen and oxygen atoms in total. The molecule has 0 fully saturated rings. The number of thiazole rings is 1. The maximum absolute atomic E-state index is 5.60. The Morgan fingerprint density at radius 3 is 2.93 bits per heavy atom. The lowest BCUT2D eigenvalue weighted by molar-refractivity contribution is 0.462. The average molecular weight is 204 g/mol. The molecule has 0 saturated carbocycles. The quantitative estimate of drug-likeness (QED) is 0.748. The van der Waals surface area contributed by atoms with Crippen molar-refractivity contribution in [3.8, 4) is 11.6 Å². The molecule has 0 atom stereocenters. The van der Waals surface area contributed by atoms with Gasteiger partial charge in [-0.25, -0.2) is 0 Å². The van der Waals surface area contributed by atoms with Gasteiger partial charge in [0.25, 0.3) is 0 Å². The predicted molar refractivity (Wildman–Crippen MR) is 56.9 cm³/mol. The standard InChI is InChI=1S/C11H10NOS/c1-8-3-4-9(2)10(5-8)13-11-6-14-7-12-11/h3-6H,1-2H3. The van der Waals surface area contributed by atoms with Crippen molar-refractivity contribution < 1.29 is 4.74 Å². The highest BCUT2D eigenvalue weighted by molar-refractivity contribution is 7.07. The van der Waals surface area contributed by atoms with E-state index < -0.39 is 0 Å². The van der Waals surface area contributed by atoms with Gasteiger partial charge in [-0.2, -0.15) is 4.98 Å². The Bertz CT molecular complexity index is 423. The minimum Gasteiger partial charge on any atom is -0.438 e. The Labute approximate surface area is 87.2 Å². The summed E-state index contributed by atoms with van der Waals surface area (Å²) in [5, 5.41) is 1.84. The van der Waals surface area contributed by atoms with Crippen LogP contribution in [0.5, 0.6) is 11.6 Å². The molecule has 0 amide bonds. The van der Waals surface area contributed by atoms with Crippen molar-refractivity contribution in [2.45, 2.75) is 13.8 Å². The Morgan fingerprint density at radius 2 is 2.21 bits per heavy atom. The summed E-state index contributed by atoms with van der Waals surface area (Å²) in [7, 11) is 0. The number of rotatable bonds is 2. The Kier molecular flexibility index (Phi) is 2.50. The minimum atomic E-state index is 0.615. The first-order valence-electron chi connectivity index (χ1n) is 4.32. The van der Waals surface area contributed by atoms with Crippen molar-refractivity contribution in [1.82, 2.24) is 4.98 Å². The third-order valence-electron chi connectivity index (χ3n) is 1.93. The Balaban J connectivity index is 2.28. The second kappa shape index (κ2) is 3.80. The first-order valence-corrected chi connectivity index (χ1v) is 5.20. The first-order chi connectivity index (χ1) is 6.75. The van der Waals surface area contributed by atoms with Crippen molar-refractivity contribution in [3.05, 3.63) is 40.2 Å². The highest BCUT2D eigenvalue weighted by atomic mass is 32.1.